The monoisotopic (exact) mass is 237 g/mol. The van der Waals surface area contributed by atoms with Gasteiger partial charge in [0.05, 0.1) is 6.20 Å². The van der Waals surface area contributed by atoms with Crippen LogP contribution in [0.4, 0.5) is 10.6 Å². The first-order valence-corrected chi connectivity index (χ1v) is 6.08. The molecule has 2 rings (SSSR count). The number of hydrogen-bond acceptors (Lipinski definition) is 3. The van der Waals surface area contributed by atoms with Crippen LogP contribution in [-0.2, 0) is 6.54 Å². The van der Waals surface area contributed by atoms with Crippen molar-refractivity contribution in [3.63, 3.8) is 0 Å². The van der Waals surface area contributed by atoms with E-state index in [4.69, 9.17) is 5.73 Å². The number of aromatic nitrogens is 2. The van der Waals surface area contributed by atoms with Crippen molar-refractivity contribution < 1.29 is 4.79 Å². The van der Waals surface area contributed by atoms with E-state index in [-0.39, 0.29) is 6.03 Å². The summed E-state index contributed by atoms with van der Waals surface area (Å²) < 4.78 is 0. The second-order valence-electron chi connectivity index (χ2n) is 4.47. The molecular formula is C11H19N5O. The number of nitrogens with zero attached hydrogens (tertiary/aromatic N) is 1. The highest BCUT2D eigenvalue weighted by atomic mass is 16.2. The van der Waals surface area contributed by atoms with Gasteiger partial charge in [0.15, 0.2) is 0 Å². The van der Waals surface area contributed by atoms with E-state index in [9.17, 15) is 4.79 Å². The fourth-order valence-corrected chi connectivity index (χ4v) is 2.12. The number of anilines is 1. The van der Waals surface area contributed by atoms with Gasteiger partial charge in [0.2, 0.25) is 0 Å². The van der Waals surface area contributed by atoms with Crippen molar-refractivity contribution >= 4 is 11.8 Å². The first-order valence-electron chi connectivity index (χ1n) is 6.08. The SMILES string of the molecule is Nc1[nH]ncc1CNC(=O)NC1CCCCC1. The zero-order valence-corrected chi connectivity index (χ0v) is 9.83. The van der Waals surface area contributed by atoms with Crippen molar-refractivity contribution in [3.8, 4) is 0 Å². The molecule has 6 heteroatoms. The Bertz CT molecular complexity index is 370. The maximum absolute atomic E-state index is 11.6. The van der Waals surface area contributed by atoms with E-state index in [1.807, 2.05) is 0 Å². The molecule has 1 saturated carbocycles. The minimum atomic E-state index is -0.127. The Balaban J connectivity index is 1.72. The summed E-state index contributed by atoms with van der Waals surface area (Å²) in [5.74, 6) is 0.503. The molecule has 0 aliphatic heterocycles. The van der Waals surface area contributed by atoms with Crippen LogP contribution in [0, 0.1) is 0 Å². The van der Waals surface area contributed by atoms with Crippen molar-refractivity contribution in [1.82, 2.24) is 20.8 Å². The first kappa shape index (κ1) is 11.8. The average molecular weight is 237 g/mol. The second kappa shape index (κ2) is 5.56. The van der Waals surface area contributed by atoms with Crippen LogP contribution in [0.25, 0.3) is 0 Å². The Morgan fingerprint density at radius 2 is 2.24 bits per heavy atom. The number of rotatable bonds is 3. The van der Waals surface area contributed by atoms with Crippen LogP contribution in [0.3, 0.4) is 0 Å². The summed E-state index contributed by atoms with van der Waals surface area (Å²) in [5.41, 5.74) is 6.43. The van der Waals surface area contributed by atoms with Crippen molar-refractivity contribution in [1.29, 1.82) is 0 Å². The number of hydrogen-bond donors (Lipinski definition) is 4. The molecule has 0 aromatic carbocycles. The normalized spacial score (nSPS) is 16.7. The molecule has 0 radical (unpaired) electrons. The maximum atomic E-state index is 11.6. The molecule has 0 unspecified atom stereocenters. The van der Waals surface area contributed by atoms with E-state index in [1.54, 1.807) is 6.20 Å². The lowest BCUT2D eigenvalue weighted by Gasteiger charge is -2.22. The number of nitrogen functional groups attached to an aromatic ring is 1. The number of carbonyl (C=O) groups is 1. The minimum Gasteiger partial charge on any atom is -0.384 e. The lowest BCUT2D eigenvalue weighted by atomic mass is 9.96. The fourth-order valence-electron chi connectivity index (χ4n) is 2.12. The molecule has 1 aromatic rings. The highest BCUT2D eigenvalue weighted by Gasteiger charge is 2.15. The molecule has 0 spiro atoms. The number of nitrogens with one attached hydrogen (secondary N) is 3. The summed E-state index contributed by atoms with van der Waals surface area (Å²) >= 11 is 0. The Hall–Kier alpha value is -1.72. The molecule has 6 nitrogen and oxygen atoms in total. The number of carbonyl (C=O) groups excluding carboxylic acids is 1. The van der Waals surface area contributed by atoms with Gasteiger partial charge in [0, 0.05) is 18.2 Å². The van der Waals surface area contributed by atoms with Gasteiger partial charge in [-0.3, -0.25) is 5.10 Å². The zero-order chi connectivity index (χ0) is 12.1. The van der Waals surface area contributed by atoms with Crippen molar-refractivity contribution in [2.45, 2.75) is 44.7 Å². The van der Waals surface area contributed by atoms with Crippen molar-refractivity contribution in [2.75, 3.05) is 5.73 Å². The third kappa shape index (κ3) is 3.37. The molecule has 1 aliphatic carbocycles. The van der Waals surface area contributed by atoms with Gasteiger partial charge >= 0.3 is 6.03 Å². The smallest absolute Gasteiger partial charge is 0.315 e. The van der Waals surface area contributed by atoms with Crippen LogP contribution in [0.2, 0.25) is 0 Å². The molecule has 94 valence electrons. The third-order valence-electron chi connectivity index (χ3n) is 3.13. The predicted molar refractivity (Wildman–Crippen MR) is 65.2 cm³/mol. The van der Waals surface area contributed by atoms with Gasteiger partial charge < -0.3 is 16.4 Å². The maximum Gasteiger partial charge on any atom is 0.315 e. The highest BCUT2D eigenvalue weighted by Crippen LogP contribution is 2.17. The van der Waals surface area contributed by atoms with Crippen LogP contribution in [0.5, 0.6) is 0 Å². The predicted octanol–water partition coefficient (Wildman–Crippen LogP) is 1.12. The lowest BCUT2D eigenvalue weighted by Crippen LogP contribution is -2.42. The molecule has 1 heterocycles. The van der Waals surface area contributed by atoms with Gasteiger partial charge in [0.1, 0.15) is 5.82 Å². The summed E-state index contributed by atoms with van der Waals surface area (Å²) in [7, 11) is 0. The summed E-state index contributed by atoms with van der Waals surface area (Å²) in [5, 5.41) is 12.2. The Morgan fingerprint density at radius 1 is 1.47 bits per heavy atom. The van der Waals surface area contributed by atoms with E-state index >= 15 is 0 Å². The molecule has 0 atom stereocenters. The molecular weight excluding hydrogens is 218 g/mol. The molecule has 5 N–H and O–H groups in total. The Kier molecular flexibility index (Phi) is 3.85. The van der Waals surface area contributed by atoms with Gasteiger partial charge in [-0.1, -0.05) is 19.3 Å². The number of nitrogens with two attached hydrogens (primary N) is 1. The van der Waals surface area contributed by atoms with Gasteiger partial charge in [0.25, 0.3) is 0 Å². The molecule has 0 saturated heterocycles. The highest BCUT2D eigenvalue weighted by molar-refractivity contribution is 5.74. The van der Waals surface area contributed by atoms with E-state index in [1.165, 1.54) is 19.3 Å². The number of amides is 2. The fraction of sp³-hybridized carbons (Fsp3) is 0.636. The molecule has 0 bridgehead atoms. The lowest BCUT2D eigenvalue weighted by molar-refractivity contribution is 0.232. The average Bonchev–Trinajstić information content (AvgIpc) is 2.74. The van der Waals surface area contributed by atoms with E-state index in [2.05, 4.69) is 20.8 Å². The van der Waals surface area contributed by atoms with Gasteiger partial charge in [-0.15, -0.1) is 0 Å². The summed E-state index contributed by atoms with van der Waals surface area (Å²) in [6.45, 7) is 0.404. The standard InChI is InChI=1S/C11H19N5O/c12-10-8(7-14-16-10)6-13-11(17)15-9-4-2-1-3-5-9/h7,9H,1-6H2,(H3,12,14,16)(H2,13,15,17). The summed E-state index contributed by atoms with van der Waals surface area (Å²) in [4.78, 5) is 11.6. The Labute approximate surface area is 100 Å². The van der Waals surface area contributed by atoms with Gasteiger partial charge in [-0.25, -0.2) is 4.79 Å². The molecule has 1 aromatic heterocycles. The minimum absolute atomic E-state index is 0.127. The van der Waals surface area contributed by atoms with Crippen LogP contribution in [0.15, 0.2) is 6.20 Å². The van der Waals surface area contributed by atoms with E-state index in [0.717, 1.165) is 18.4 Å². The van der Waals surface area contributed by atoms with Crippen LogP contribution < -0.4 is 16.4 Å². The van der Waals surface area contributed by atoms with Gasteiger partial charge in [-0.05, 0) is 12.8 Å². The van der Waals surface area contributed by atoms with Crippen LogP contribution in [0.1, 0.15) is 37.7 Å². The third-order valence-corrected chi connectivity index (χ3v) is 3.13. The van der Waals surface area contributed by atoms with Crippen molar-refractivity contribution in [3.05, 3.63) is 11.8 Å². The molecule has 17 heavy (non-hydrogen) atoms. The van der Waals surface area contributed by atoms with Crippen molar-refractivity contribution in [2.24, 2.45) is 0 Å². The quantitative estimate of drug-likeness (QED) is 0.634. The van der Waals surface area contributed by atoms with Gasteiger partial charge in [-0.2, -0.15) is 5.10 Å². The second-order valence-corrected chi connectivity index (χ2v) is 4.47. The summed E-state index contributed by atoms with van der Waals surface area (Å²) in [6.07, 6.45) is 7.49. The number of H-pyrrole nitrogens is 1. The Morgan fingerprint density at radius 3 is 2.88 bits per heavy atom. The van der Waals surface area contributed by atoms with E-state index < -0.39 is 0 Å². The van der Waals surface area contributed by atoms with Crippen LogP contribution in [-0.4, -0.2) is 22.3 Å². The largest absolute Gasteiger partial charge is 0.384 e. The van der Waals surface area contributed by atoms with E-state index in [0.29, 0.717) is 18.4 Å². The number of aromatic amines is 1. The molecule has 2 amide bonds. The molecule has 1 aliphatic rings. The molecule has 1 fully saturated rings. The summed E-state index contributed by atoms with van der Waals surface area (Å²) in [6, 6.07) is 0.197. The zero-order valence-electron chi connectivity index (χ0n) is 9.83. The topological polar surface area (TPSA) is 95.8 Å². The number of urea groups is 1. The first-order chi connectivity index (χ1) is 8.25. The van der Waals surface area contributed by atoms with Crippen LogP contribution >= 0.6 is 0 Å².